The maximum absolute atomic E-state index is 6.73. The van der Waals surface area contributed by atoms with Gasteiger partial charge in [-0.05, 0) is 175 Å². The minimum absolute atomic E-state index is 0.238. The van der Waals surface area contributed by atoms with Crippen LogP contribution in [0.15, 0.2) is 460 Å². The van der Waals surface area contributed by atoms with Gasteiger partial charge in [0, 0.05) is 116 Å². The highest BCUT2D eigenvalue weighted by Crippen LogP contribution is 2.57. The molecule has 0 bridgehead atoms. The summed E-state index contributed by atoms with van der Waals surface area (Å²) in [5, 5.41) is 19.8. The molecule has 0 saturated carbocycles. The highest BCUT2D eigenvalue weighted by atomic mass is 32.1. The first kappa shape index (κ1) is 81.3. The van der Waals surface area contributed by atoms with Gasteiger partial charge in [0.25, 0.3) is 0 Å². The van der Waals surface area contributed by atoms with Crippen molar-refractivity contribution in [3.8, 4) is 119 Å². The van der Waals surface area contributed by atoms with E-state index in [9.17, 15) is 0 Å². The van der Waals surface area contributed by atoms with Crippen molar-refractivity contribution >= 4 is 151 Å². The molecule has 0 atom stereocenters. The lowest BCUT2D eigenvalue weighted by Crippen LogP contribution is -2.17. The number of benzene rings is 18. The van der Waals surface area contributed by atoms with Crippen LogP contribution in [0.4, 0.5) is 0 Å². The fourth-order valence-corrected chi connectivity index (χ4v) is 23.0. The molecule has 1 aliphatic rings. The van der Waals surface area contributed by atoms with E-state index in [0.29, 0.717) is 23.4 Å². The molecule has 0 fully saturated rings. The smallest absolute Gasteiger partial charge is 0.238 e. The van der Waals surface area contributed by atoms with E-state index in [2.05, 4.69) is 365 Å². The summed E-state index contributed by atoms with van der Waals surface area (Å²) in [5.41, 5.74) is 28.1. The van der Waals surface area contributed by atoms with Crippen molar-refractivity contribution in [2.24, 2.45) is 0 Å². The van der Waals surface area contributed by atoms with Crippen molar-refractivity contribution < 1.29 is 4.42 Å². The van der Waals surface area contributed by atoms with Crippen LogP contribution in [0.2, 0.25) is 0 Å². The molecule has 656 valence electrons. The molecule has 0 aliphatic heterocycles. The normalized spacial score (nSPS) is 12.3. The molecule has 1 aliphatic carbocycles. The first-order chi connectivity index (χ1) is 69.2. The van der Waals surface area contributed by atoms with Crippen LogP contribution in [-0.2, 0) is 5.41 Å². The van der Waals surface area contributed by atoms with Gasteiger partial charge in [-0.2, -0.15) is 9.97 Å². The SMILES string of the molecule is CC1(C)c2ccccc2-c2c1c1c(c3ccccc23)c2ccccc2n1-c1nc(-c2ccccc2)nc(-c2ccccc2)n1.c1ccc(-c2cc(-c3ccc(-n4c5ccccc5c5c6ccccc6c6c7ccccc7sc6c54)cc3)cc(-c3ccccn3)n2)nc1.c1ccc(-c2cc(-c3ccccc3)nc(-c3ccc(-n4c5ccccc5c5c6ccccc6c6c7ccccc7oc6c54)cc3)n2)cc1. The zero-order valence-electron chi connectivity index (χ0n) is 76.0. The van der Waals surface area contributed by atoms with Crippen molar-refractivity contribution in [2.45, 2.75) is 19.3 Å². The number of aromatic nitrogens is 11. The van der Waals surface area contributed by atoms with Crippen molar-refractivity contribution in [2.75, 3.05) is 0 Å². The Hall–Kier alpha value is -18.3. The zero-order valence-corrected chi connectivity index (χ0v) is 76.9. The van der Waals surface area contributed by atoms with Crippen molar-refractivity contribution in [3.05, 3.63) is 466 Å². The lowest BCUT2D eigenvalue weighted by molar-refractivity contribution is 0.663. The lowest BCUT2D eigenvalue weighted by Gasteiger charge is -2.24. The van der Waals surface area contributed by atoms with E-state index in [1.165, 1.54) is 118 Å². The topological polar surface area (TPSA) is 131 Å². The summed E-state index contributed by atoms with van der Waals surface area (Å²) in [4.78, 5) is 39.7. The fourth-order valence-electron chi connectivity index (χ4n) is 21.7. The Bertz CT molecular complexity index is 9260. The molecule has 0 saturated heterocycles. The molecular weight excluding hydrogens is 1730 g/mol. The molecule has 0 N–H and O–H groups in total. The zero-order chi connectivity index (χ0) is 92.6. The van der Waals surface area contributed by atoms with Crippen LogP contribution >= 0.6 is 11.3 Å². The Balaban J connectivity index is 0.000000106. The number of pyridine rings is 3. The number of fused-ring (bicyclic) bond motifs is 30. The van der Waals surface area contributed by atoms with Crippen molar-refractivity contribution in [1.29, 1.82) is 0 Å². The molecule has 0 radical (unpaired) electrons. The summed E-state index contributed by atoms with van der Waals surface area (Å²) in [6, 6.07) is 155. The molecule has 29 rings (SSSR count). The van der Waals surface area contributed by atoms with Gasteiger partial charge in [0.05, 0.1) is 72.0 Å². The Morgan fingerprint density at radius 1 is 0.257 bits per heavy atom. The van der Waals surface area contributed by atoms with Gasteiger partial charge in [-0.1, -0.05) is 347 Å². The van der Waals surface area contributed by atoms with Gasteiger partial charge in [0.15, 0.2) is 23.1 Å². The highest BCUT2D eigenvalue weighted by Gasteiger charge is 2.41. The average molecular weight is 1810 g/mol. The highest BCUT2D eigenvalue weighted by molar-refractivity contribution is 7.27. The first-order valence-electron chi connectivity index (χ1n) is 47.3. The number of furan rings is 1. The summed E-state index contributed by atoms with van der Waals surface area (Å²) >= 11 is 1.89. The molecule has 140 heavy (non-hydrogen) atoms. The van der Waals surface area contributed by atoms with E-state index in [1.807, 2.05) is 127 Å². The van der Waals surface area contributed by atoms with E-state index in [-0.39, 0.29) is 5.41 Å². The van der Waals surface area contributed by atoms with Gasteiger partial charge in [-0.3, -0.25) is 14.5 Å². The van der Waals surface area contributed by atoms with Crippen molar-refractivity contribution in [3.63, 3.8) is 0 Å². The largest absolute Gasteiger partial charge is 0.454 e. The summed E-state index contributed by atoms with van der Waals surface area (Å²) < 4.78 is 16.5. The van der Waals surface area contributed by atoms with E-state index in [4.69, 9.17) is 34.3 Å². The molecule has 0 amide bonds. The van der Waals surface area contributed by atoms with E-state index in [0.717, 1.165) is 128 Å². The second-order valence-corrected chi connectivity index (χ2v) is 37.3. The lowest BCUT2D eigenvalue weighted by atomic mass is 9.80. The van der Waals surface area contributed by atoms with Crippen LogP contribution in [0.3, 0.4) is 0 Å². The maximum Gasteiger partial charge on any atom is 0.238 e. The van der Waals surface area contributed by atoms with E-state index < -0.39 is 0 Å². The minimum atomic E-state index is -0.238. The molecular formula is C127H81N11OS. The summed E-state index contributed by atoms with van der Waals surface area (Å²) in [6.07, 6.45) is 3.61. The third kappa shape index (κ3) is 13.3. The third-order valence-corrected chi connectivity index (χ3v) is 29.1. The van der Waals surface area contributed by atoms with Crippen molar-refractivity contribution in [1.82, 2.24) is 53.6 Å². The van der Waals surface area contributed by atoms with Gasteiger partial charge >= 0.3 is 0 Å². The third-order valence-electron chi connectivity index (χ3n) is 27.9. The Labute approximate surface area is 808 Å². The summed E-state index contributed by atoms with van der Waals surface area (Å²) in [7, 11) is 0. The molecule has 28 aromatic rings. The molecule has 10 aromatic heterocycles. The van der Waals surface area contributed by atoms with E-state index in [1.54, 1.807) is 12.4 Å². The average Bonchev–Trinajstić information content (AvgIpc) is 1.55. The predicted octanol–water partition coefficient (Wildman–Crippen LogP) is 32.9. The van der Waals surface area contributed by atoms with Crippen LogP contribution in [0.1, 0.15) is 25.0 Å². The van der Waals surface area contributed by atoms with Crippen LogP contribution < -0.4 is 0 Å². The number of thiophene rings is 1. The van der Waals surface area contributed by atoms with E-state index >= 15 is 0 Å². The number of rotatable bonds is 11. The molecule has 10 heterocycles. The molecule has 0 unspecified atom stereocenters. The minimum Gasteiger partial charge on any atom is -0.454 e. The Morgan fingerprint density at radius 3 is 1.20 bits per heavy atom. The van der Waals surface area contributed by atoms with Gasteiger partial charge in [0.2, 0.25) is 5.95 Å². The summed E-state index contributed by atoms with van der Waals surface area (Å²) in [5.74, 6) is 2.61. The monoisotopic (exact) mass is 1810 g/mol. The van der Waals surface area contributed by atoms with Crippen LogP contribution in [0, 0.1) is 0 Å². The molecule has 18 aromatic carbocycles. The summed E-state index contributed by atoms with van der Waals surface area (Å²) in [6.45, 7) is 4.71. The second-order valence-electron chi connectivity index (χ2n) is 36.2. The van der Waals surface area contributed by atoms with Crippen LogP contribution in [0.5, 0.6) is 0 Å². The number of nitrogens with zero attached hydrogens (tertiary/aromatic N) is 11. The maximum atomic E-state index is 6.73. The standard InChI is InChI=1S/C44H27N3O.C43H26N4S.C40H28N4/c1-3-13-28(14-4-1)36-27-37(29-15-5-2-6-16-29)46-44(45-36)30-23-25-31(26-24-30)47-38-21-11-9-19-34(38)40-32-17-7-8-18-33(32)41-35-20-10-12-22-39(35)48-43(41)42(40)47;1-2-12-31-30(11-1)40-32-13-3-5-17-38(32)47(42(40)43-41(31)33-14-4-6-18-39(33)48-43)29-21-19-27(20-22-29)28-25-36(34-15-7-9-23-44-34)46-37(26-28)35-16-8-10-24-45-35;1-40(2)31-23-13-11-21-29(31)33-27-19-9-10-20-28(27)34-30-22-12-14-24-32(30)44(36(34)35(33)40)39-42-37(25-15-5-3-6-16-25)41-38(43-39)26-17-7-4-8-18-26/h1-27H;1-26H;3-24H,1-2H3. The predicted molar refractivity (Wildman–Crippen MR) is 578 cm³/mol. The van der Waals surface area contributed by atoms with Gasteiger partial charge in [-0.25, -0.2) is 19.9 Å². The second kappa shape index (κ2) is 33.1. The molecule has 12 nitrogen and oxygen atoms in total. The Morgan fingerprint density at radius 2 is 0.657 bits per heavy atom. The van der Waals surface area contributed by atoms with Crippen LogP contribution in [-0.4, -0.2) is 53.6 Å². The quantitative estimate of drug-likeness (QED) is 0.124. The number of hydrogen-bond acceptors (Lipinski definition) is 10. The Kier molecular flexibility index (Phi) is 19.2. The molecule has 13 heteroatoms. The number of hydrogen-bond donors (Lipinski definition) is 0. The van der Waals surface area contributed by atoms with Gasteiger partial charge in [0.1, 0.15) is 5.58 Å². The molecule has 0 spiro atoms. The fraction of sp³-hybridized carbons (Fsp3) is 0.0236. The first-order valence-corrected chi connectivity index (χ1v) is 48.1. The van der Waals surface area contributed by atoms with Gasteiger partial charge < -0.3 is 13.6 Å². The van der Waals surface area contributed by atoms with Crippen LogP contribution in [0.25, 0.3) is 259 Å². The van der Waals surface area contributed by atoms with Gasteiger partial charge in [-0.15, -0.1) is 11.3 Å². The number of para-hydroxylation sites is 4.